The van der Waals surface area contributed by atoms with E-state index in [9.17, 15) is 4.79 Å². The average molecular weight is 328 g/mol. The molecule has 3 saturated heterocycles. The molecule has 0 spiro atoms. The number of methoxy groups -OCH3 is 1. The largest absolute Gasteiger partial charge is 0.465 e. The number of rotatable bonds is 5. The van der Waals surface area contributed by atoms with Gasteiger partial charge in [-0.25, -0.2) is 4.79 Å². The number of piperidine rings is 3. The minimum absolute atomic E-state index is 0.312. The number of nitrogens with zero attached hydrogens (tertiary/aromatic N) is 3. The first kappa shape index (κ1) is 15.6. The van der Waals surface area contributed by atoms with Crippen LogP contribution in [0, 0.1) is 5.92 Å². The van der Waals surface area contributed by atoms with E-state index in [0.29, 0.717) is 11.6 Å². The zero-order valence-corrected chi connectivity index (χ0v) is 14.1. The zero-order chi connectivity index (χ0) is 16.5. The minimum atomic E-state index is -0.312. The van der Waals surface area contributed by atoms with Crippen molar-refractivity contribution in [3.8, 4) is 0 Å². The van der Waals surface area contributed by atoms with Crippen LogP contribution in [0.4, 0.5) is 0 Å². The number of para-hydroxylation sites is 1. The second-order valence-corrected chi connectivity index (χ2v) is 6.80. The molecule has 0 amide bonds. The standard InChI is InChI=1S/C18H24N4O2/c1-24-18(23)15-4-2-3-14-11-20-22(17(14)15)10-7-19-16-12-21-8-5-13(16)6-9-21/h2-4,11,13,16,19H,5-10,12H2,1H3. The number of hydrogen-bond donors (Lipinski definition) is 1. The number of carbonyl (C=O) groups is 1. The number of nitrogens with one attached hydrogen (secondary N) is 1. The molecule has 24 heavy (non-hydrogen) atoms. The van der Waals surface area contributed by atoms with E-state index in [0.717, 1.165) is 36.5 Å². The summed E-state index contributed by atoms with van der Waals surface area (Å²) in [5.74, 6) is 0.502. The quantitative estimate of drug-likeness (QED) is 0.843. The smallest absolute Gasteiger partial charge is 0.340 e. The lowest BCUT2D eigenvalue weighted by Gasteiger charge is -2.45. The number of carbonyl (C=O) groups excluding carboxylic acids is 1. The van der Waals surface area contributed by atoms with Crippen LogP contribution in [-0.4, -0.2) is 60.0 Å². The monoisotopic (exact) mass is 328 g/mol. The molecular formula is C18H24N4O2. The highest BCUT2D eigenvalue weighted by Crippen LogP contribution is 2.27. The van der Waals surface area contributed by atoms with Crippen molar-refractivity contribution >= 4 is 16.9 Å². The van der Waals surface area contributed by atoms with Crippen LogP contribution in [-0.2, 0) is 11.3 Å². The van der Waals surface area contributed by atoms with Crippen LogP contribution >= 0.6 is 0 Å². The summed E-state index contributed by atoms with van der Waals surface area (Å²) in [4.78, 5) is 14.6. The summed E-state index contributed by atoms with van der Waals surface area (Å²) in [6, 6.07) is 6.24. The SMILES string of the molecule is COC(=O)c1cccc2cnn(CCNC3CN4CCC3CC4)c12. The Kier molecular flexibility index (Phi) is 4.24. The third-order valence-electron chi connectivity index (χ3n) is 5.45. The minimum Gasteiger partial charge on any atom is -0.465 e. The van der Waals surface area contributed by atoms with Gasteiger partial charge in [0.2, 0.25) is 0 Å². The molecule has 6 heteroatoms. The molecule has 0 saturated carbocycles. The van der Waals surface area contributed by atoms with Gasteiger partial charge in [-0.3, -0.25) is 4.68 Å². The maximum Gasteiger partial charge on any atom is 0.340 e. The van der Waals surface area contributed by atoms with Crippen LogP contribution in [0.3, 0.4) is 0 Å². The molecule has 6 nitrogen and oxygen atoms in total. The third-order valence-corrected chi connectivity index (χ3v) is 5.45. The van der Waals surface area contributed by atoms with Crippen molar-refractivity contribution in [1.82, 2.24) is 20.0 Å². The van der Waals surface area contributed by atoms with E-state index in [-0.39, 0.29) is 5.97 Å². The highest BCUT2D eigenvalue weighted by atomic mass is 16.5. The molecule has 1 aromatic heterocycles. The van der Waals surface area contributed by atoms with Crippen molar-refractivity contribution in [2.75, 3.05) is 33.3 Å². The third kappa shape index (κ3) is 2.80. The van der Waals surface area contributed by atoms with Crippen molar-refractivity contribution in [2.24, 2.45) is 5.92 Å². The van der Waals surface area contributed by atoms with Crippen molar-refractivity contribution in [1.29, 1.82) is 0 Å². The summed E-state index contributed by atoms with van der Waals surface area (Å²) in [6.07, 6.45) is 4.44. The molecule has 3 aliphatic rings. The van der Waals surface area contributed by atoms with Crippen molar-refractivity contribution in [2.45, 2.75) is 25.4 Å². The van der Waals surface area contributed by atoms with Gasteiger partial charge in [0.25, 0.3) is 0 Å². The molecule has 3 fully saturated rings. The van der Waals surface area contributed by atoms with Gasteiger partial charge in [-0.05, 0) is 37.9 Å². The Bertz CT molecular complexity index is 734. The second kappa shape index (κ2) is 6.53. The molecule has 4 heterocycles. The van der Waals surface area contributed by atoms with Crippen LogP contribution in [0.5, 0.6) is 0 Å². The molecule has 1 N–H and O–H groups in total. The van der Waals surface area contributed by atoms with Crippen LogP contribution in [0.1, 0.15) is 23.2 Å². The Labute approximate surface area is 141 Å². The number of esters is 1. The molecule has 2 aromatic rings. The Balaban J connectivity index is 1.46. The molecule has 2 bridgehead atoms. The van der Waals surface area contributed by atoms with Crippen molar-refractivity contribution in [3.63, 3.8) is 0 Å². The molecule has 1 aromatic carbocycles. The van der Waals surface area contributed by atoms with Crippen molar-refractivity contribution in [3.05, 3.63) is 30.0 Å². The highest BCUT2D eigenvalue weighted by molar-refractivity contribution is 6.02. The van der Waals surface area contributed by atoms with E-state index in [2.05, 4.69) is 15.3 Å². The summed E-state index contributed by atoms with van der Waals surface area (Å²) >= 11 is 0. The number of fused-ring (bicyclic) bond motifs is 4. The van der Waals surface area contributed by atoms with Gasteiger partial charge in [-0.1, -0.05) is 12.1 Å². The van der Waals surface area contributed by atoms with Gasteiger partial charge in [0.05, 0.1) is 30.9 Å². The zero-order valence-electron chi connectivity index (χ0n) is 14.1. The van der Waals surface area contributed by atoms with E-state index < -0.39 is 0 Å². The lowest BCUT2D eigenvalue weighted by Crippen LogP contribution is -2.56. The summed E-state index contributed by atoms with van der Waals surface area (Å²) in [6.45, 7) is 5.30. The van der Waals surface area contributed by atoms with Crippen LogP contribution in [0.2, 0.25) is 0 Å². The lowest BCUT2D eigenvalue weighted by molar-refractivity contribution is 0.0602. The number of hydrogen-bond acceptors (Lipinski definition) is 5. The highest BCUT2D eigenvalue weighted by Gasteiger charge is 2.33. The fourth-order valence-corrected chi connectivity index (χ4v) is 4.14. The average Bonchev–Trinajstić information content (AvgIpc) is 3.05. The summed E-state index contributed by atoms with van der Waals surface area (Å²) < 4.78 is 6.81. The Hall–Kier alpha value is -1.92. The maximum atomic E-state index is 12.0. The molecule has 1 unspecified atom stereocenters. The topological polar surface area (TPSA) is 59.4 Å². The first-order valence-electron chi connectivity index (χ1n) is 8.75. The van der Waals surface area contributed by atoms with Gasteiger partial charge in [0, 0.05) is 24.5 Å². The Morgan fingerprint density at radius 3 is 2.92 bits per heavy atom. The van der Waals surface area contributed by atoms with Crippen LogP contribution in [0.25, 0.3) is 10.9 Å². The molecule has 1 atom stereocenters. The van der Waals surface area contributed by atoms with E-state index in [1.165, 1.54) is 33.0 Å². The van der Waals surface area contributed by atoms with E-state index >= 15 is 0 Å². The van der Waals surface area contributed by atoms with E-state index in [4.69, 9.17) is 4.74 Å². The first-order chi connectivity index (χ1) is 11.8. The predicted octanol–water partition coefficient (Wildman–Crippen LogP) is 1.51. The van der Waals surface area contributed by atoms with E-state index in [1.54, 1.807) is 6.07 Å². The molecule has 3 aliphatic heterocycles. The van der Waals surface area contributed by atoms with Gasteiger partial charge >= 0.3 is 5.97 Å². The summed E-state index contributed by atoms with van der Waals surface area (Å²) in [7, 11) is 1.41. The predicted molar refractivity (Wildman–Crippen MR) is 92.0 cm³/mol. The molecule has 5 rings (SSSR count). The van der Waals surface area contributed by atoms with Crippen LogP contribution in [0.15, 0.2) is 24.4 Å². The lowest BCUT2D eigenvalue weighted by atomic mass is 9.84. The van der Waals surface area contributed by atoms with E-state index in [1.807, 2.05) is 23.0 Å². The number of ether oxygens (including phenoxy) is 1. The molecule has 0 radical (unpaired) electrons. The number of benzene rings is 1. The summed E-state index contributed by atoms with van der Waals surface area (Å²) in [5.41, 5.74) is 1.44. The Morgan fingerprint density at radius 2 is 2.21 bits per heavy atom. The van der Waals surface area contributed by atoms with Gasteiger partial charge in [0.1, 0.15) is 0 Å². The van der Waals surface area contributed by atoms with Gasteiger partial charge in [0.15, 0.2) is 0 Å². The molecule has 128 valence electrons. The van der Waals surface area contributed by atoms with Gasteiger partial charge in [-0.15, -0.1) is 0 Å². The summed E-state index contributed by atoms with van der Waals surface area (Å²) in [5, 5.41) is 9.13. The Morgan fingerprint density at radius 1 is 1.38 bits per heavy atom. The number of aromatic nitrogens is 2. The van der Waals surface area contributed by atoms with Crippen LogP contribution < -0.4 is 5.32 Å². The maximum absolute atomic E-state index is 12.0. The first-order valence-corrected chi connectivity index (χ1v) is 8.75. The molecule has 0 aliphatic carbocycles. The fraction of sp³-hybridized carbons (Fsp3) is 0.556. The molecular weight excluding hydrogens is 304 g/mol. The van der Waals surface area contributed by atoms with Gasteiger partial charge < -0.3 is 15.0 Å². The van der Waals surface area contributed by atoms with Crippen molar-refractivity contribution < 1.29 is 9.53 Å². The van der Waals surface area contributed by atoms with Gasteiger partial charge in [-0.2, -0.15) is 5.10 Å². The second-order valence-electron chi connectivity index (χ2n) is 6.80. The normalized spacial score (nSPS) is 26.0. The fourth-order valence-electron chi connectivity index (χ4n) is 4.14.